The Balaban J connectivity index is 1.97. The maximum absolute atomic E-state index is 4.74. The third kappa shape index (κ3) is 2.64. The van der Waals surface area contributed by atoms with E-state index in [2.05, 4.69) is 46.5 Å². The first-order valence-corrected chi connectivity index (χ1v) is 7.22. The molecular weight excluding hydrogens is 262 g/mol. The van der Waals surface area contributed by atoms with Gasteiger partial charge in [-0.2, -0.15) is 5.10 Å². The number of hydrogen-bond donors (Lipinski definition) is 1. The molecule has 1 unspecified atom stereocenters. The lowest BCUT2D eigenvalue weighted by atomic mass is 10.1. The van der Waals surface area contributed by atoms with Crippen molar-refractivity contribution in [1.29, 1.82) is 0 Å². The van der Waals surface area contributed by atoms with Crippen LogP contribution in [0.15, 0.2) is 42.7 Å². The molecule has 2 aromatic heterocycles. The molecule has 0 amide bonds. The molecule has 1 aromatic carbocycles. The number of likely N-dealkylation sites (N-methyl/N-ethyl adjacent to an activating group) is 1. The van der Waals surface area contributed by atoms with Gasteiger partial charge in [0.15, 0.2) is 0 Å². The molecule has 0 radical (unpaired) electrons. The first-order valence-electron chi connectivity index (χ1n) is 7.22. The van der Waals surface area contributed by atoms with Crippen molar-refractivity contribution in [3.8, 4) is 0 Å². The molecule has 3 aromatic rings. The second-order valence-electron chi connectivity index (χ2n) is 4.93. The number of rotatable bonds is 5. The number of benzene rings is 1. The van der Waals surface area contributed by atoms with E-state index in [1.165, 1.54) is 10.9 Å². The monoisotopic (exact) mass is 281 g/mol. The summed E-state index contributed by atoms with van der Waals surface area (Å²) in [7, 11) is 1.93. The Morgan fingerprint density at radius 1 is 1.14 bits per heavy atom. The molecule has 5 heteroatoms. The molecule has 0 aliphatic carbocycles. The summed E-state index contributed by atoms with van der Waals surface area (Å²) < 4.78 is 2.04. The first kappa shape index (κ1) is 13.7. The number of aromatic nitrogens is 4. The lowest BCUT2D eigenvalue weighted by molar-refractivity contribution is 0.544. The summed E-state index contributed by atoms with van der Waals surface area (Å²) in [6.45, 7) is 2.98. The number of nitrogens with one attached hydrogen (secondary N) is 1. The van der Waals surface area contributed by atoms with E-state index in [0.717, 1.165) is 24.5 Å². The second kappa shape index (κ2) is 6.01. The van der Waals surface area contributed by atoms with Crippen molar-refractivity contribution in [2.45, 2.75) is 25.9 Å². The van der Waals surface area contributed by atoms with Gasteiger partial charge in [0.05, 0.1) is 17.3 Å². The molecule has 108 valence electrons. The Hall–Kier alpha value is -2.27. The van der Waals surface area contributed by atoms with E-state index in [1.807, 2.05) is 17.8 Å². The molecule has 21 heavy (non-hydrogen) atoms. The molecule has 3 rings (SSSR count). The van der Waals surface area contributed by atoms with Gasteiger partial charge in [-0.15, -0.1) is 0 Å². The molecule has 0 aliphatic rings. The number of fused-ring (bicyclic) bond motifs is 1. The van der Waals surface area contributed by atoms with Crippen LogP contribution in [0.25, 0.3) is 10.9 Å². The fourth-order valence-electron chi connectivity index (χ4n) is 2.59. The van der Waals surface area contributed by atoms with E-state index >= 15 is 0 Å². The third-order valence-corrected chi connectivity index (χ3v) is 3.68. The lowest BCUT2D eigenvalue weighted by Crippen LogP contribution is -2.21. The zero-order chi connectivity index (χ0) is 14.7. The van der Waals surface area contributed by atoms with Gasteiger partial charge in [0.2, 0.25) is 0 Å². The van der Waals surface area contributed by atoms with Crippen LogP contribution in [0.5, 0.6) is 0 Å². The average Bonchev–Trinajstić information content (AvgIpc) is 2.91. The van der Waals surface area contributed by atoms with Crippen molar-refractivity contribution in [3.63, 3.8) is 0 Å². The maximum atomic E-state index is 4.74. The van der Waals surface area contributed by atoms with Crippen LogP contribution in [0.4, 0.5) is 0 Å². The van der Waals surface area contributed by atoms with Crippen LogP contribution in [0.3, 0.4) is 0 Å². The first-order chi connectivity index (χ1) is 10.3. The predicted octanol–water partition coefficient (Wildman–Crippen LogP) is 2.35. The maximum Gasteiger partial charge on any atom is 0.145 e. The van der Waals surface area contributed by atoms with Gasteiger partial charge in [-0.05, 0) is 26.1 Å². The summed E-state index contributed by atoms with van der Waals surface area (Å²) in [4.78, 5) is 8.69. The van der Waals surface area contributed by atoms with Gasteiger partial charge in [-0.1, -0.05) is 18.2 Å². The molecule has 0 bridgehead atoms. The zero-order valence-electron chi connectivity index (χ0n) is 12.3. The molecule has 0 spiro atoms. The van der Waals surface area contributed by atoms with Crippen LogP contribution in [-0.2, 0) is 13.0 Å². The molecular formula is C16H19N5. The van der Waals surface area contributed by atoms with E-state index in [-0.39, 0.29) is 6.04 Å². The highest BCUT2D eigenvalue weighted by Gasteiger charge is 2.17. The number of aryl methyl sites for hydroxylation is 1. The van der Waals surface area contributed by atoms with Crippen LogP contribution >= 0.6 is 0 Å². The molecule has 2 heterocycles. The van der Waals surface area contributed by atoms with Crippen molar-refractivity contribution in [3.05, 3.63) is 54.2 Å². The van der Waals surface area contributed by atoms with Crippen LogP contribution in [0.1, 0.15) is 24.5 Å². The Labute approximate surface area is 124 Å². The van der Waals surface area contributed by atoms with Gasteiger partial charge in [-0.25, -0.2) is 9.97 Å². The molecule has 0 saturated heterocycles. The van der Waals surface area contributed by atoms with Crippen LogP contribution in [-0.4, -0.2) is 26.8 Å². The van der Waals surface area contributed by atoms with Crippen molar-refractivity contribution in [2.24, 2.45) is 0 Å². The van der Waals surface area contributed by atoms with Gasteiger partial charge in [0.1, 0.15) is 5.82 Å². The largest absolute Gasteiger partial charge is 0.310 e. The highest BCUT2D eigenvalue weighted by atomic mass is 15.3. The highest BCUT2D eigenvalue weighted by Crippen LogP contribution is 2.22. The van der Waals surface area contributed by atoms with Gasteiger partial charge in [0, 0.05) is 30.7 Å². The zero-order valence-corrected chi connectivity index (χ0v) is 12.3. The Kier molecular flexibility index (Phi) is 3.92. The normalized spacial score (nSPS) is 12.7. The standard InChI is InChI=1S/C16H19N5/c1-3-21-15-8-5-4-7-12(15)13(20-21)11-14(17-2)16-18-9-6-10-19-16/h4-10,14,17H,3,11H2,1-2H3. The Morgan fingerprint density at radius 2 is 1.90 bits per heavy atom. The van der Waals surface area contributed by atoms with Crippen molar-refractivity contribution in [1.82, 2.24) is 25.1 Å². The van der Waals surface area contributed by atoms with Crippen molar-refractivity contribution >= 4 is 10.9 Å². The van der Waals surface area contributed by atoms with Crippen molar-refractivity contribution in [2.75, 3.05) is 7.05 Å². The van der Waals surface area contributed by atoms with E-state index < -0.39 is 0 Å². The topological polar surface area (TPSA) is 55.6 Å². The quantitative estimate of drug-likeness (QED) is 0.780. The molecule has 5 nitrogen and oxygen atoms in total. The Morgan fingerprint density at radius 3 is 2.62 bits per heavy atom. The summed E-state index contributed by atoms with van der Waals surface area (Å²) in [6.07, 6.45) is 4.32. The van der Waals surface area contributed by atoms with E-state index in [4.69, 9.17) is 5.10 Å². The summed E-state index contributed by atoms with van der Waals surface area (Å²) >= 11 is 0. The van der Waals surface area contributed by atoms with E-state index in [0.29, 0.717) is 0 Å². The average molecular weight is 281 g/mol. The fraction of sp³-hybridized carbons (Fsp3) is 0.312. The molecule has 0 saturated carbocycles. The van der Waals surface area contributed by atoms with Crippen molar-refractivity contribution < 1.29 is 0 Å². The predicted molar refractivity (Wildman–Crippen MR) is 82.9 cm³/mol. The third-order valence-electron chi connectivity index (χ3n) is 3.68. The van der Waals surface area contributed by atoms with Crippen LogP contribution in [0, 0.1) is 0 Å². The van der Waals surface area contributed by atoms with E-state index in [1.54, 1.807) is 12.4 Å². The lowest BCUT2D eigenvalue weighted by Gasteiger charge is -2.13. The summed E-state index contributed by atoms with van der Waals surface area (Å²) in [6, 6.07) is 10.2. The minimum absolute atomic E-state index is 0.0646. The van der Waals surface area contributed by atoms with Gasteiger partial charge >= 0.3 is 0 Å². The van der Waals surface area contributed by atoms with Gasteiger partial charge in [0.25, 0.3) is 0 Å². The summed E-state index contributed by atoms with van der Waals surface area (Å²) in [5, 5.41) is 9.23. The van der Waals surface area contributed by atoms with E-state index in [9.17, 15) is 0 Å². The highest BCUT2D eigenvalue weighted by molar-refractivity contribution is 5.82. The van der Waals surface area contributed by atoms with Gasteiger partial charge in [-0.3, -0.25) is 4.68 Å². The molecule has 1 atom stereocenters. The number of para-hydroxylation sites is 1. The van der Waals surface area contributed by atoms with Crippen LogP contribution in [0.2, 0.25) is 0 Å². The SMILES string of the molecule is CCn1nc(CC(NC)c2ncccn2)c2ccccc21. The Bertz CT molecular complexity index is 720. The van der Waals surface area contributed by atoms with Crippen LogP contribution < -0.4 is 5.32 Å². The number of hydrogen-bond acceptors (Lipinski definition) is 4. The molecule has 0 fully saturated rings. The van der Waals surface area contributed by atoms with Gasteiger partial charge < -0.3 is 5.32 Å². The minimum Gasteiger partial charge on any atom is -0.310 e. The summed E-state index contributed by atoms with van der Waals surface area (Å²) in [5.74, 6) is 0.801. The fourth-order valence-corrected chi connectivity index (χ4v) is 2.59. The summed E-state index contributed by atoms with van der Waals surface area (Å²) in [5.41, 5.74) is 2.26. The number of nitrogens with zero attached hydrogens (tertiary/aromatic N) is 4. The minimum atomic E-state index is 0.0646. The molecule has 1 N–H and O–H groups in total. The second-order valence-corrected chi connectivity index (χ2v) is 4.93. The molecule has 0 aliphatic heterocycles. The smallest absolute Gasteiger partial charge is 0.145 e.